The van der Waals surface area contributed by atoms with Crippen molar-refractivity contribution < 1.29 is 0 Å². The van der Waals surface area contributed by atoms with E-state index < -0.39 is 0 Å². The van der Waals surface area contributed by atoms with Crippen LogP contribution in [0.15, 0.2) is 18.2 Å². The quantitative estimate of drug-likeness (QED) is 0.508. The Kier molecular flexibility index (Phi) is 9.39. The zero-order valence-electron chi connectivity index (χ0n) is 23.2. The first-order valence-electron chi connectivity index (χ1n) is 14.3. The Bertz CT molecular complexity index is 1000. The molecule has 1 aromatic heterocycles. The first kappa shape index (κ1) is 27.6. The number of aromatic nitrogens is 2. The topological polar surface area (TPSA) is 25.8 Å². The summed E-state index contributed by atoms with van der Waals surface area (Å²) in [6, 6.07) is 6.92. The third-order valence-electron chi connectivity index (χ3n) is 9.67. The van der Waals surface area contributed by atoms with Crippen molar-refractivity contribution in [3.8, 4) is 0 Å². The average molecular weight is 504 g/mol. The average Bonchev–Trinajstić information content (AvgIpc) is 3.02. The lowest BCUT2D eigenvalue weighted by Crippen LogP contribution is -2.47. The minimum atomic E-state index is 0.280. The molecule has 1 aliphatic carbocycles. The standard InChI is InChI=1S/C27H44B4N2S2/c1-5-26(3,28)31(29)27(4,6-2)30-19-13-14-22-23(15-19)33-25-18-35-21-12-10-8-7-9-11-20(16-21)34-17-24(25)32-22/h13-15,20-21,30H,5-12,16-18,28-29H2,1-4H3. The van der Waals surface area contributed by atoms with Crippen LogP contribution in [0.2, 0.25) is 10.4 Å². The van der Waals surface area contributed by atoms with Crippen LogP contribution in [0.25, 0.3) is 11.0 Å². The fourth-order valence-corrected chi connectivity index (χ4v) is 8.91. The van der Waals surface area contributed by atoms with Gasteiger partial charge in [-0.05, 0) is 31.4 Å². The molecule has 0 spiro atoms. The van der Waals surface area contributed by atoms with Crippen LogP contribution in [-0.2, 0) is 11.5 Å². The van der Waals surface area contributed by atoms with Gasteiger partial charge >= 0.3 is 0 Å². The van der Waals surface area contributed by atoms with E-state index in [4.69, 9.17) is 9.97 Å². The lowest BCUT2D eigenvalue weighted by atomic mass is 9.03. The van der Waals surface area contributed by atoms with E-state index in [0.29, 0.717) is 11.8 Å². The number of thioether (sulfide) groups is 2. The Morgan fingerprint density at radius 1 is 0.943 bits per heavy atom. The van der Waals surface area contributed by atoms with E-state index in [9.17, 15) is 0 Å². The monoisotopic (exact) mass is 504 g/mol. The molecule has 4 atom stereocenters. The van der Waals surface area contributed by atoms with Gasteiger partial charge in [0.05, 0.1) is 44.6 Å². The summed E-state index contributed by atoms with van der Waals surface area (Å²) in [4.78, 5) is 10.5. The van der Waals surface area contributed by atoms with Gasteiger partial charge < -0.3 is 0 Å². The molecule has 35 heavy (non-hydrogen) atoms. The van der Waals surface area contributed by atoms with E-state index in [-0.39, 0.29) is 5.21 Å². The summed E-state index contributed by atoms with van der Waals surface area (Å²) in [5.41, 5.74) is 6.07. The largest absolute Gasteiger partial charge is 0.248 e. The van der Waals surface area contributed by atoms with Crippen molar-refractivity contribution >= 4 is 69.5 Å². The van der Waals surface area contributed by atoms with E-state index in [1.807, 2.05) is 0 Å². The highest BCUT2D eigenvalue weighted by molar-refractivity contribution is 8.00. The summed E-state index contributed by atoms with van der Waals surface area (Å²) in [7, 11) is 6.02. The van der Waals surface area contributed by atoms with E-state index in [1.54, 1.807) is 0 Å². The predicted octanol–water partition coefficient (Wildman–Crippen LogP) is 5.17. The van der Waals surface area contributed by atoms with Crippen molar-refractivity contribution in [1.29, 1.82) is 0 Å². The maximum atomic E-state index is 5.27. The lowest BCUT2D eigenvalue weighted by molar-refractivity contribution is 0.628. The van der Waals surface area contributed by atoms with Crippen molar-refractivity contribution in [3.05, 3.63) is 29.6 Å². The Morgan fingerprint density at radius 3 is 2.11 bits per heavy atom. The molecular formula is C27H44B4N2S2. The number of hydrogen-bond acceptors (Lipinski definition) is 4. The van der Waals surface area contributed by atoms with Crippen molar-refractivity contribution in [2.24, 2.45) is 0 Å². The molecule has 1 saturated carbocycles. The van der Waals surface area contributed by atoms with Crippen molar-refractivity contribution in [3.63, 3.8) is 0 Å². The van der Waals surface area contributed by atoms with Crippen LogP contribution in [-0.4, -0.2) is 49.9 Å². The van der Waals surface area contributed by atoms with Gasteiger partial charge in [0, 0.05) is 22.0 Å². The van der Waals surface area contributed by atoms with Gasteiger partial charge in [-0.25, -0.2) is 9.97 Å². The van der Waals surface area contributed by atoms with Crippen LogP contribution in [0.5, 0.6) is 0 Å². The van der Waals surface area contributed by atoms with Crippen LogP contribution >= 0.6 is 23.5 Å². The minimum Gasteiger partial charge on any atom is -0.248 e. The first-order chi connectivity index (χ1) is 16.7. The molecule has 186 valence electrons. The molecule has 4 rings (SSSR count). The first-order valence-corrected chi connectivity index (χ1v) is 16.4. The molecule has 2 bridgehead atoms. The van der Waals surface area contributed by atoms with E-state index in [0.717, 1.165) is 40.3 Å². The Morgan fingerprint density at radius 2 is 1.54 bits per heavy atom. The fraction of sp³-hybridized carbons (Fsp3) is 0.704. The zero-order valence-corrected chi connectivity index (χ0v) is 24.8. The van der Waals surface area contributed by atoms with Crippen LogP contribution in [0.4, 0.5) is 0 Å². The van der Waals surface area contributed by atoms with Gasteiger partial charge in [-0.2, -0.15) is 23.5 Å². The number of rotatable bonds is 6. The van der Waals surface area contributed by atoms with Crippen molar-refractivity contribution in [1.82, 2.24) is 9.97 Å². The van der Waals surface area contributed by atoms with Gasteiger partial charge in [-0.15, -0.1) is 0 Å². The van der Waals surface area contributed by atoms with Crippen molar-refractivity contribution in [2.45, 2.75) is 118 Å². The molecule has 2 aliphatic rings. The molecule has 0 amide bonds. The molecule has 2 aromatic rings. The summed E-state index contributed by atoms with van der Waals surface area (Å²) < 4.78 is 0. The van der Waals surface area contributed by atoms with Gasteiger partial charge in [0.1, 0.15) is 0 Å². The van der Waals surface area contributed by atoms with Gasteiger partial charge in [-0.1, -0.05) is 88.2 Å². The highest BCUT2D eigenvalue weighted by Gasteiger charge is 2.41. The second-order valence-corrected chi connectivity index (χ2v) is 14.9. The molecule has 1 fully saturated rings. The second kappa shape index (κ2) is 11.9. The van der Waals surface area contributed by atoms with Gasteiger partial charge in [0.25, 0.3) is 0 Å². The molecule has 0 saturated heterocycles. The second-order valence-electron chi connectivity index (χ2n) is 12.3. The Hall–Kier alpha value is -0.480. The molecule has 8 heteroatoms. The minimum absolute atomic E-state index is 0.280. The third kappa shape index (κ3) is 6.70. The smallest absolute Gasteiger partial charge is 0.155 e. The highest BCUT2D eigenvalue weighted by atomic mass is 32.2. The third-order valence-corrected chi connectivity index (χ3v) is 12.3. The van der Waals surface area contributed by atoms with Crippen LogP contribution < -0.4 is 5.46 Å². The summed E-state index contributed by atoms with van der Waals surface area (Å²) in [6.45, 7) is 10.3. The fourth-order valence-electron chi connectivity index (χ4n) is 6.14. The summed E-state index contributed by atoms with van der Waals surface area (Å²) in [6.07, 6.45) is 12.2. The molecule has 1 aromatic carbocycles. The molecule has 4 unspecified atom stereocenters. The van der Waals surface area contributed by atoms with Crippen LogP contribution in [0, 0.1) is 0 Å². The number of fused-ring (bicyclic) bond motifs is 4. The van der Waals surface area contributed by atoms with Gasteiger partial charge in [0.15, 0.2) is 7.28 Å². The number of hydrogen-bond donors (Lipinski definition) is 0. The molecule has 2 heterocycles. The van der Waals surface area contributed by atoms with Crippen LogP contribution in [0.1, 0.15) is 96.9 Å². The molecule has 0 radical (unpaired) electrons. The highest BCUT2D eigenvalue weighted by Crippen LogP contribution is 2.43. The zero-order chi connectivity index (χ0) is 25.1. The summed E-state index contributed by atoms with van der Waals surface area (Å²) in [5.74, 6) is 2.05. The molecule has 0 N–H and O–H groups in total. The van der Waals surface area contributed by atoms with Crippen LogP contribution in [0.3, 0.4) is 0 Å². The predicted molar refractivity (Wildman–Crippen MR) is 169 cm³/mol. The maximum absolute atomic E-state index is 5.27. The van der Waals surface area contributed by atoms with Gasteiger partial charge in [0.2, 0.25) is 0 Å². The van der Waals surface area contributed by atoms with E-state index >= 15 is 0 Å². The normalized spacial score (nSPS) is 24.8. The Balaban J connectivity index is 1.60. The Labute approximate surface area is 226 Å². The summed E-state index contributed by atoms with van der Waals surface area (Å²) in [5, 5.41) is 2.20. The number of benzene rings is 1. The number of nitrogens with zero attached hydrogens (tertiary/aromatic N) is 2. The van der Waals surface area contributed by atoms with E-state index in [1.165, 1.54) is 74.6 Å². The molecular weight excluding hydrogens is 460 g/mol. The lowest BCUT2D eigenvalue weighted by Gasteiger charge is -2.42. The van der Waals surface area contributed by atoms with Gasteiger partial charge in [-0.3, -0.25) is 0 Å². The molecule has 2 nitrogen and oxygen atoms in total. The van der Waals surface area contributed by atoms with E-state index in [2.05, 4.69) is 85.0 Å². The van der Waals surface area contributed by atoms with Crippen molar-refractivity contribution in [2.75, 3.05) is 0 Å². The molecule has 1 aliphatic heterocycles. The summed E-state index contributed by atoms with van der Waals surface area (Å²) >= 11 is 4.31. The maximum Gasteiger partial charge on any atom is 0.155 e. The SMILES string of the molecule is BB(C(B)(C)CC)C(C)(Bc1ccc2nc3c(nc2c1)CSC1CCCCCCC(C1)SC3)CC.